The van der Waals surface area contributed by atoms with E-state index >= 15 is 0 Å². The number of nitrogens with one attached hydrogen (secondary N) is 2. The molecule has 7 nitrogen and oxygen atoms in total. The lowest BCUT2D eigenvalue weighted by molar-refractivity contribution is -0.132. The fourth-order valence-corrected chi connectivity index (χ4v) is 4.19. The molecule has 2 amide bonds. The molecule has 0 aliphatic carbocycles. The van der Waals surface area contributed by atoms with E-state index in [1.54, 1.807) is 13.0 Å². The van der Waals surface area contributed by atoms with Gasteiger partial charge in [0, 0.05) is 18.3 Å². The molecule has 138 valence electrons. The van der Waals surface area contributed by atoms with Gasteiger partial charge in [-0.1, -0.05) is 0 Å². The first kappa shape index (κ1) is 18.3. The van der Waals surface area contributed by atoms with Gasteiger partial charge in [0.25, 0.3) is 11.8 Å². The number of hydrogen-bond donors (Lipinski definition) is 2. The zero-order chi connectivity index (χ0) is 18.8. The molecule has 2 aliphatic rings. The van der Waals surface area contributed by atoms with Gasteiger partial charge in [0.15, 0.2) is 0 Å². The third-order valence-electron chi connectivity index (χ3n) is 4.94. The van der Waals surface area contributed by atoms with Crippen molar-refractivity contribution in [1.29, 1.82) is 5.41 Å². The molecule has 8 heteroatoms. The van der Waals surface area contributed by atoms with Crippen LogP contribution in [0.2, 0.25) is 0 Å². The van der Waals surface area contributed by atoms with E-state index in [9.17, 15) is 9.59 Å². The fourth-order valence-electron chi connectivity index (χ4n) is 3.46. The van der Waals surface area contributed by atoms with Crippen molar-refractivity contribution in [2.45, 2.75) is 52.1 Å². The third-order valence-corrected chi connectivity index (χ3v) is 5.84. The maximum absolute atomic E-state index is 13.1. The average molecular weight is 373 g/mol. The molecule has 0 aromatic carbocycles. The Hall–Kier alpha value is -2.48. The number of piperidine rings is 1. The molecule has 26 heavy (non-hydrogen) atoms. The fraction of sp³-hybridized carbons (Fsp3) is 0.444. The van der Waals surface area contributed by atoms with Crippen LogP contribution in [0.15, 0.2) is 27.7 Å². The van der Waals surface area contributed by atoms with Crippen molar-refractivity contribution in [3.05, 3.63) is 27.6 Å². The number of hydrogen-bond acceptors (Lipinski definition) is 6. The molecule has 2 aliphatic heterocycles. The van der Waals surface area contributed by atoms with Crippen LogP contribution < -0.4 is 5.43 Å². The molecule has 2 N–H and O–H groups in total. The second-order valence-corrected chi connectivity index (χ2v) is 7.59. The Bertz CT molecular complexity index is 787. The molecule has 0 bridgehead atoms. The van der Waals surface area contributed by atoms with Crippen molar-refractivity contribution < 1.29 is 9.59 Å². The normalized spacial score (nSPS) is 23.7. The summed E-state index contributed by atoms with van der Waals surface area (Å²) in [5, 5.41) is 11.0. The molecule has 1 aromatic rings. The first-order valence-electron chi connectivity index (χ1n) is 8.70. The van der Waals surface area contributed by atoms with E-state index in [0.29, 0.717) is 16.3 Å². The predicted molar refractivity (Wildman–Crippen MR) is 103 cm³/mol. The number of fused-ring (bicyclic) bond motifs is 1. The molecule has 0 radical (unpaired) electrons. The van der Waals surface area contributed by atoms with E-state index in [1.165, 1.54) is 22.7 Å². The molecule has 1 fully saturated rings. The maximum atomic E-state index is 13.1. The lowest BCUT2D eigenvalue weighted by atomic mass is 9.96. The highest BCUT2D eigenvalue weighted by Crippen LogP contribution is 2.28. The van der Waals surface area contributed by atoms with Crippen LogP contribution in [-0.2, 0) is 4.79 Å². The molecule has 3 rings (SSSR count). The summed E-state index contributed by atoms with van der Waals surface area (Å²) in [6.45, 7) is 5.79. The van der Waals surface area contributed by atoms with Gasteiger partial charge in [0.2, 0.25) is 0 Å². The number of rotatable bonds is 3. The van der Waals surface area contributed by atoms with Crippen LogP contribution in [0.25, 0.3) is 0 Å². The number of amides is 2. The molecule has 0 spiro atoms. The topological polar surface area (TPSA) is 88.9 Å². The van der Waals surface area contributed by atoms with E-state index in [2.05, 4.69) is 10.4 Å². The summed E-state index contributed by atoms with van der Waals surface area (Å²) >= 11 is 1.32. The Morgan fingerprint density at radius 3 is 2.73 bits per heavy atom. The van der Waals surface area contributed by atoms with E-state index in [4.69, 9.17) is 5.41 Å². The van der Waals surface area contributed by atoms with Gasteiger partial charge in [-0.3, -0.25) is 15.0 Å². The van der Waals surface area contributed by atoms with Crippen molar-refractivity contribution in [3.8, 4) is 0 Å². The molecule has 1 saturated heterocycles. The number of allylic oxidation sites excluding steroid dienone is 1. The van der Waals surface area contributed by atoms with Gasteiger partial charge in [-0.15, -0.1) is 11.3 Å². The van der Waals surface area contributed by atoms with Crippen molar-refractivity contribution >= 4 is 41.4 Å². The molecule has 3 heterocycles. The molecular formula is C18H23N5O2S. The van der Waals surface area contributed by atoms with E-state index < -0.39 is 0 Å². The minimum Gasteiger partial charge on any atom is -0.333 e. The Kier molecular flexibility index (Phi) is 5.22. The maximum Gasteiger partial charge on any atom is 0.282 e. The number of thiophene rings is 1. The van der Waals surface area contributed by atoms with Gasteiger partial charge in [0.1, 0.15) is 11.2 Å². The van der Waals surface area contributed by atoms with Crippen LogP contribution in [0, 0.1) is 5.41 Å². The zero-order valence-electron chi connectivity index (χ0n) is 15.2. The molecular weight excluding hydrogens is 350 g/mol. The number of carbonyl (C=O) groups excluding carboxylic acids is 2. The van der Waals surface area contributed by atoms with Crippen LogP contribution in [0.3, 0.4) is 0 Å². The van der Waals surface area contributed by atoms with Crippen molar-refractivity contribution in [3.63, 3.8) is 0 Å². The second-order valence-electron chi connectivity index (χ2n) is 6.68. The van der Waals surface area contributed by atoms with Gasteiger partial charge in [-0.05, 0) is 51.5 Å². The quantitative estimate of drug-likeness (QED) is 0.630. The highest BCUT2D eigenvalue weighted by Gasteiger charge is 2.32. The largest absolute Gasteiger partial charge is 0.333 e. The smallest absolute Gasteiger partial charge is 0.282 e. The summed E-state index contributed by atoms with van der Waals surface area (Å²) in [7, 11) is 0. The summed E-state index contributed by atoms with van der Waals surface area (Å²) in [6, 6.07) is 2.04. The Morgan fingerprint density at radius 1 is 1.38 bits per heavy atom. The van der Waals surface area contributed by atoms with E-state index in [1.807, 2.05) is 24.1 Å². The molecule has 2 unspecified atom stereocenters. The van der Waals surface area contributed by atoms with Gasteiger partial charge in [-0.2, -0.15) is 0 Å². The minimum atomic E-state index is -0.275. The number of nitrogens with zero attached hydrogens (tertiary/aromatic N) is 3. The minimum absolute atomic E-state index is 0.133. The summed E-state index contributed by atoms with van der Waals surface area (Å²) in [6.07, 6.45) is 5.56. The number of likely N-dealkylation sites (tertiary alicyclic amines) is 1. The highest BCUT2D eigenvalue weighted by atomic mass is 32.1. The summed E-state index contributed by atoms with van der Waals surface area (Å²) in [4.78, 5) is 32.2. The van der Waals surface area contributed by atoms with Crippen LogP contribution in [-0.4, -0.2) is 46.4 Å². The van der Waals surface area contributed by atoms with E-state index in [-0.39, 0.29) is 29.5 Å². The molecule has 0 saturated carbocycles. The Labute approximate surface area is 156 Å². The second kappa shape index (κ2) is 7.41. The number of carbonyl (C=O) groups is 2. The van der Waals surface area contributed by atoms with Crippen molar-refractivity contribution in [2.24, 2.45) is 4.99 Å². The van der Waals surface area contributed by atoms with Crippen LogP contribution >= 0.6 is 11.3 Å². The Balaban J connectivity index is 1.91. The Morgan fingerprint density at radius 2 is 2.08 bits per heavy atom. The first-order valence-corrected chi connectivity index (χ1v) is 9.58. The predicted octanol–water partition coefficient (Wildman–Crippen LogP) is 3.08. The summed E-state index contributed by atoms with van der Waals surface area (Å²) in [5.41, 5.74) is 4.07. The van der Waals surface area contributed by atoms with Crippen LogP contribution in [0.5, 0.6) is 0 Å². The molecule has 1 aromatic heterocycles. The monoisotopic (exact) mass is 373 g/mol. The standard InChI is InChI=1S/C18H23N5O2S/c1-11-5-4-6-12(2)23(11)18(25)14(9-19)13(3)22-10-20-15-7-8-26-16(15)17(24)21-22/h7-12,19H,4-6H2,1-3H3,(H,21,24)/b14-13+,19-9?. The van der Waals surface area contributed by atoms with Gasteiger partial charge in [-0.25, -0.2) is 10.0 Å². The van der Waals surface area contributed by atoms with Gasteiger partial charge in [0.05, 0.1) is 17.0 Å². The van der Waals surface area contributed by atoms with Crippen LogP contribution in [0.1, 0.15) is 49.7 Å². The SMILES string of the molecule is C/C(=C(/C=N)C(=O)N1C(C)CCCC1C)N1C=Nc2ccsc2C(=O)N1. The average Bonchev–Trinajstić information content (AvgIpc) is 3.01. The highest BCUT2D eigenvalue weighted by molar-refractivity contribution is 7.12. The first-order chi connectivity index (χ1) is 12.4. The van der Waals surface area contributed by atoms with Crippen molar-refractivity contribution in [2.75, 3.05) is 0 Å². The summed E-state index contributed by atoms with van der Waals surface area (Å²) < 4.78 is 0. The lowest BCUT2D eigenvalue weighted by Crippen LogP contribution is -2.49. The number of hydrazine groups is 1. The third kappa shape index (κ3) is 3.29. The lowest BCUT2D eigenvalue weighted by Gasteiger charge is -2.39. The van der Waals surface area contributed by atoms with Gasteiger partial charge >= 0.3 is 0 Å². The number of aliphatic imine (C=N–C) groups is 1. The van der Waals surface area contributed by atoms with Crippen molar-refractivity contribution in [1.82, 2.24) is 15.3 Å². The summed E-state index contributed by atoms with van der Waals surface area (Å²) in [5.74, 6) is -0.456. The zero-order valence-corrected chi connectivity index (χ0v) is 16.0. The molecule has 2 atom stereocenters. The van der Waals surface area contributed by atoms with Crippen LogP contribution in [0.4, 0.5) is 5.69 Å². The van der Waals surface area contributed by atoms with Gasteiger partial charge < -0.3 is 10.3 Å². The van der Waals surface area contributed by atoms with E-state index in [0.717, 1.165) is 25.5 Å².